The zero-order chi connectivity index (χ0) is 55.0. The van der Waals surface area contributed by atoms with Crippen molar-refractivity contribution in [2.45, 2.75) is 290 Å². The average molecular weight is 1050 g/mol. The molecule has 0 amide bonds. The number of rotatable bonds is 56. The molecule has 0 bridgehead atoms. The molecule has 0 N–H and O–H groups in total. The number of carbonyl (C=O) groups excluding carboxylic acids is 3. The Labute approximate surface area is 469 Å². The van der Waals surface area contributed by atoms with E-state index in [9.17, 15) is 14.4 Å². The number of hydrogen-bond donors (Lipinski definition) is 0. The summed E-state index contributed by atoms with van der Waals surface area (Å²) in [5.74, 6) is -0.962. The molecular weight excluding hydrogens is 937 g/mol. The fourth-order valence-corrected chi connectivity index (χ4v) is 8.56. The van der Waals surface area contributed by atoms with Gasteiger partial charge in [-0.3, -0.25) is 14.4 Å². The Morgan fingerprint density at radius 2 is 0.526 bits per heavy atom. The monoisotopic (exact) mass is 1050 g/mol. The largest absolute Gasteiger partial charge is 0.462 e. The number of ether oxygens (including phenoxy) is 3. The fraction of sp³-hybridized carbons (Fsp3) is 0.671. The van der Waals surface area contributed by atoms with Gasteiger partial charge in [0.2, 0.25) is 0 Å². The standard InChI is InChI=1S/C70H116O6/c1-4-7-10-13-16-19-22-25-28-31-32-33-34-35-36-37-38-40-42-45-48-51-54-57-60-63-69(72)75-66-67(65-74-68(71)62-59-56-53-50-47-44-41-30-27-24-21-18-15-12-9-6-3)76-70(73)64-61-58-55-52-49-46-43-39-29-26-23-20-17-14-11-8-5-2/h7-8,10-11,16-17,19-20,25-26,28-29,32-33,35-36,43,46,52,55,67H,4-6,9,12-15,18,21-24,27,30-31,34,37-42,44-45,47-51,53-54,56-66H2,1-3H3/b10-7-,11-8-,19-16-,20-17-,28-25-,29-26-,33-32-,36-35-,46-43-,55-52-. The third-order valence-electron chi connectivity index (χ3n) is 13.2. The van der Waals surface area contributed by atoms with Crippen LogP contribution in [0, 0.1) is 0 Å². The minimum Gasteiger partial charge on any atom is -0.462 e. The molecule has 0 saturated carbocycles. The third kappa shape index (κ3) is 60.7. The molecule has 0 aromatic carbocycles. The molecule has 0 spiro atoms. The molecule has 0 aliphatic heterocycles. The van der Waals surface area contributed by atoms with Gasteiger partial charge in [-0.25, -0.2) is 0 Å². The Morgan fingerprint density at radius 1 is 0.276 bits per heavy atom. The van der Waals surface area contributed by atoms with Gasteiger partial charge in [-0.2, -0.15) is 0 Å². The van der Waals surface area contributed by atoms with Crippen LogP contribution >= 0.6 is 0 Å². The highest BCUT2D eigenvalue weighted by Crippen LogP contribution is 2.16. The van der Waals surface area contributed by atoms with E-state index in [-0.39, 0.29) is 37.5 Å². The van der Waals surface area contributed by atoms with Crippen LogP contribution in [0.4, 0.5) is 0 Å². The number of carbonyl (C=O) groups is 3. The van der Waals surface area contributed by atoms with Crippen LogP contribution in [0.25, 0.3) is 0 Å². The van der Waals surface area contributed by atoms with Crippen molar-refractivity contribution in [3.63, 3.8) is 0 Å². The van der Waals surface area contributed by atoms with Crippen LogP contribution in [0.2, 0.25) is 0 Å². The van der Waals surface area contributed by atoms with Gasteiger partial charge < -0.3 is 14.2 Å². The Hall–Kier alpha value is -4.19. The van der Waals surface area contributed by atoms with E-state index < -0.39 is 6.10 Å². The van der Waals surface area contributed by atoms with E-state index in [0.717, 1.165) is 116 Å². The van der Waals surface area contributed by atoms with Crippen LogP contribution in [0.5, 0.6) is 0 Å². The highest BCUT2D eigenvalue weighted by molar-refractivity contribution is 5.71. The van der Waals surface area contributed by atoms with Crippen LogP contribution in [-0.2, 0) is 28.6 Å². The maximum absolute atomic E-state index is 12.9. The highest BCUT2D eigenvalue weighted by Gasteiger charge is 2.19. The molecule has 0 heterocycles. The van der Waals surface area contributed by atoms with Crippen molar-refractivity contribution in [1.29, 1.82) is 0 Å². The minimum atomic E-state index is -0.813. The fourth-order valence-electron chi connectivity index (χ4n) is 8.56. The Bertz CT molecular complexity index is 1590. The molecule has 0 aromatic rings. The topological polar surface area (TPSA) is 78.9 Å². The average Bonchev–Trinajstić information content (AvgIpc) is 3.42. The molecule has 6 heteroatoms. The molecule has 432 valence electrons. The van der Waals surface area contributed by atoms with Gasteiger partial charge in [0.05, 0.1) is 0 Å². The molecule has 0 aliphatic carbocycles. The van der Waals surface area contributed by atoms with Crippen LogP contribution in [0.1, 0.15) is 284 Å². The highest BCUT2D eigenvalue weighted by atomic mass is 16.6. The van der Waals surface area contributed by atoms with Gasteiger partial charge >= 0.3 is 17.9 Å². The maximum atomic E-state index is 12.9. The summed E-state index contributed by atoms with van der Waals surface area (Å²) in [7, 11) is 0. The Kier molecular flexibility index (Phi) is 59.9. The second-order valence-corrected chi connectivity index (χ2v) is 20.6. The lowest BCUT2D eigenvalue weighted by Crippen LogP contribution is -2.30. The zero-order valence-electron chi connectivity index (χ0n) is 49.5. The van der Waals surface area contributed by atoms with Gasteiger partial charge in [0.1, 0.15) is 13.2 Å². The second kappa shape index (κ2) is 63.3. The number of hydrogen-bond acceptors (Lipinski definition) is 6. The number of allylic oxidation sites excluding steroid dienone is 20. The van der Waals surface area contributed by atoms with Crippen molar-refractivity contribution < 1.29 is 28.6 Å². The van der Waals surface area contributed by atoms with Gasteiger partial charge in [0.15, 0.2) is 6.10 Å². The molecule has 0 aromatic heterocycles. The van der Waals surface area contributed by atoms with E-state index in [1.165, 1.54) is 122 Å². The first kappa shape index (κ1) is 71.8. The number of unbranched alkanes of at least 4 members (excludes halogenated alkanes) is 25. The summed E-state index contributed by atoms with van der Waals surface area (Å²) in [6, 6.07) is 0. The van der Waals surface area contributed by atoms with Crippen LogP contribution < -0.4 is 0 Å². The normalized spacial score (nSPS) is 12.9. The molecule has 0 aliphatic rings. The molecular formula is C70H116O6. The van der Waals surface area contributed by atoms with Crippen molar-refractivity contribution in [1.82, 2.24) is 0 Å². The first-order chi connectivity index (χ1) is 37.5. The van der Waals surface area contributed by atoms with Crippen molar-refractivity contribution in [2.75, 3.05) is 13.2 Å². The van der Waals surface area contributed by atoms with E-state index in [4.69, 9.17) is 14.2 Å². The summed E-state index contributed by atoms with van der Waals surface area (Å²) in [5.41, 5.74) is 0. The van der Waals surface area contributed by atoms with Gasteiger partial charge in [-0.15, -0.1) is 0 Å². The van der Waals surface area contributed by atoms with E-state index in [2.05, 4.69) is 142 Å². The summed E-state index contributed by atoms with van der Waals surface area (Å²) in [6.45, 7) is 6.38. The Balaban J connectivity index is 4.43. The van der Waals surface area contributed by atoms with Crippen molar-refractivity contribution in [2.24, 2.45) is 0 Å². The summed E-state index contributed by atoms with van der Waals surface area (Å²) in [6.07, 6.45) is 87.8. The lowest BCUT2D eigenvalue weighted by molar-refractivity contribution is -0.167. The second-order valence-electron chi connectivity index (χ2n) is 20.6. The lowest BCUT2D eigenvalue weighted by Gasteiger charge is -2.18. The summed E-state index contributed by atoms with van der Waals surface area (Å²) < 4.78 is 16.9. The number of esters is 3. The lowest BCUT2D eigenvalue weighted by atomic mass is 10.0. The predicted octanol–water partition coefficient (Wildman–Crippen LogP) is 21.6. The summed E-state index contributed by atoms with van der Waals surface area (Å²) in [4.78, 5) is 38.3. The first-order valence-corrected chi connectivity index (χ1v) is 31.5. The molecule has 1 atom stereocenters. The van der Waals surface area contributed by atoms with Crippen LogP contribution in [0.15, 0.2) is 122 Å². The quantitative estimate of drug-likeness (QED) is 0.0261. The molecule has 0 fully saturated rings. The van der Waals surface area contributed by atoms with E-state index in [1.807, 2.05) is 0 Å². The van der Waals surface area contributed by atoms with Crippen LogP contribution in [-0.4, -0.2) is 37.2 Å². The molecule has 6 nitrogen and oxygen atoms in total. The third-order valence-corrected chi connectivity index (χ3v) is 13.2. The molecule has 1 unspecified atom stereocenters. The van der Waals surface area contributed by atoms with Crippen molar-refractivity contribution in [3.05, 3.63) is 122 Å². The van der Waals surface area contributed by atoms with Crippen molar-refractivity contribution >= 4 is 17.9 Å². The van der Waals surface area contributed by atoms with Gasteiger partial charge in [-0.1, -0.05) is 284 Å². The zero-order valence-corrected chi connectivity index (χ0v) is 49.5. The molecule has 76 heavy (non-hydrogen) atoms. The minimum absolute atomic E-state index is 0.102. The summed E-state index contributed by atoms with van der Waals surface area (Å²) in [5, 5.41) is 0. The smallest absolute Gasteiger partial charge is 0.306 e. The molecule has 0 rings (SSSR count). The van der Waals surface area contributed by atoms with Crippen molar-refractivity contribution in [3.8, 4) is 0 Å². The predicted molar refractivity (Wildman–Crippen MR) is 330 cm³/mol. The molecule has 0 saturated heterocycles. The van der Waals surface area contributed by atoms with Crippen LogP contribution in [0.3, 0.4) is 0 Å². The van der Waals surface area contributed by atoms with Gasteiger partial charge in [0, 0.05) is 19.3 Å². The summed E-state index contributed by atoms with van der Waals surface area (Å²) >= 11 is 0. The van der Waals surface area contributed by atoms with E-state index in [0.29, 0.717) is 19.3 Å². The molecule has 0 radical (unpaired) electrons. The van der Waals surface area contributed by atoms with E-state index >= 15 is 0 Å². The van der Waals surface area contributed by atoms with Gasteiger partial charge in [0.25, 0.3) is 0 Å². The Morgan fingerprint density at radius 3 is 0.842 bits per heavy atom. The maximum Gasteiger partial charge on any atom is 0.306 e. The van der Waals surface area contributed by atoms with E-state index in [1.54, 1.807) is 0 Å². The first-order valence-electron chi connectivity index (χ1n) is 31.5. The SMILES string of the molecule is CC/C=C\C/C=C\C/C=C\C/C=C\C/C=C\CCCCCCCCCCCC(=O)OCC(COC(=O)CCCCCCCCCCCCCCCCCC)OC(=O)CCC/C=C\C/C=C\C/C=C\C/C=C\C/C=C\CC. The van der Waals surface area contributed by atoms with Gasteiger partial charge in [-0.05, 0) is 103 Å².